The predicted molar refractivity (Wildman–Crippen MR) is 42.5 cm³/mol. The first-order valence-corrected chi connectivity index (χ1v) is 3.62. The van der Waals surface area contributed by atoms with Gasteiger partial charge in [0.1, 0.15) is 5.60 Å². The summed E-state index contributed by atoms with van der Waals surface area (Å²) >= 11 is 0. The first kappa shape index (κ1) is 7.87. The van der Waals surface area contributed by atoms with Crippen LogP contribution in [0, 0.1) is 17.4 Å². The molecule has 0 bridgehead atoms. The Kier molecular flexibility index (Phi) is 2.00. The molecule has 0 saturated carbocycles. The van der Waals surface area contributed by atoms with Crippen molar-refractivity contribution in [1.29, 1.82) is 5.26 Å². The topological polar surface area (TPSA) is 33.0 Å². The van der Waals surface area contributed by atoms with Gasteiger partial charge in [0, 0.05) is 5.92 Å². The summed E-state index contributed by atoms with van der Waals surface area (Å²) in [6, 6.07) is 0. The molecule has 2 nitrogen and oxygen atoms in total. The minimum atomic E-state index is -0.441. The van der Waals surface area contributed by atoms with E-state index in [0.717, 1.165) is 0 Å². The molecule has 0 N–H and O–H groups in total. The molecule has 0 saturated heterocycles. The van der Waals surface area contributed by atoms with Gasteiger partial charge in [0.05, 0.1) is 0 Å². The number of hydrogen-bond acceptors (Lipinski definition) is 2. The molecule has 0 radical (unpaired) electrons. The van der Waals surface area contributed by atoms with Gasteiger partial charge in [0.25, 0.3) is 6.26 Å². The number of nitriles is 1. The maximum atomic E-state index is 8.37. The van der Waals surface area contributed by atoms with Crippen LogP contribution in [-0.2, 0) is 4.74 Å². The van der Waals surface area contributed by atoms with E-state index in [9.17, 15) is 0 Å². The van der Waals surface area contributed by atoms with Crippen LogP contribution in [0.2, 0.25) is 0 Å². The number of ether oxygens (including phenoxy) is 1. The molecule has 2 atom stereocenters. The van der Waals surface area contributed by atoms with Gasteiger partial charge in [-0.15, -0.1) is 0 Å². The largest absolute Gasteiger partial charge is 0.416 e. The van der Waals surface area contributed by atoms with Crippen molar-refractivity contribution in [3.05, 3.63) is 24.3 Å². The molecule has 0 aromatic rings. The maximum Gasteiger partial charge on any atom is 0.287 e. The summed E-state index contributed by atoms with van der Waals surface area (Å²) in [4.78, 5) is 0. The van der Waals surface area contributed by atoms with E-state index in [-0.39, 0.29) is 5.92 Å². The van der Waals surface area contributed by atoms with Crippen LogP contribution in [0.1, 0.15) is 13.8 Å². The SMILES string of the molecule is CC1C=CC=CC1(C)OC#N. The fraction of sp³-hybridized carbons (Fsp3) is 0.444. The second-order valence-electron chi connectivity index (χ2n) is 2.91. The van der Waals surface area contributed by atoms with Gasteiger partial charge in [-0.3, -0.25) is 0 Å². The summed E-state index contributed by atoms with van der Waals surface area (Å²) in [5.74, 6) is 0.257. The van der Waals surface area contributed by atoms with Crippen LogP contribution in [0.15, 0.2) is 24.3 Å². The molecule has 1 aliphatic rings. The highest BCUT2D eigenvalue weighted by molar-refractivity contribution is 5.20. The quantitative estimate of drug-likeness (QED) is 0.534. The Morgan fingerprint density at radius 2 is 2.27 bits per heavy atom. The molecule has 2 heteroatoms. The Morgan fingerprint density at radius 1 is 1.55 bits per heavy atom. The molecule has 0 aromatic carbocycles. The first-order chi connectivity index (χ1) is 5.19. The highest BCUT2D eigenvalue weighted by Gasteiger charge is 2.29. The lowest BCUT2D eigenvalue weighted by molar-refractivity contribution is 0.0655. The summed E-state index contributed by atoms with van der Waals surface area (Å²) in [5.41, 5.74) is -0.441. The zero-order chi connectivity index (χ0) is 8.32. The van der Waals surface area contributed by atoms with Crippen molar-refractivity contribution in [2.24, 2.45) is 5.92 Å². The van der Waals surface area contributed by atoms with E-state index in [4.69, 9.17) is 10.00 Å². The zero-order valence-electron chi connectivity index (χ0n) is 6.74. The molecule has 2 unspecified atom stereocenters. The van der Waals surface area contributed by atoms with Crippen LogP contribution in [0.5, 0.6) is 0 Å². The van der Waals surface area contributed by atoms with Gasteiger partial charge in [-0.25, -0.2) is 0 Å². The molecule has 0 aliphatic heterocycles. The van der Waals surface area contributed by atoms with Crippen LogP contribution in [-0.4, -0.2) is 5.60 Å². The maximum absolute atomic E-state index is 8.37. The highest BCUT2D eigenvalue weighted by Crippen LogP contribution is 2.26. The average Bonchev–Trinajstić information content (AvgIpc) is 1.96. The third-order valence-corrected chi connectivity index (χ3v) is 2.11. The molecule has 0 aromatic heterocycles. The van der Waals surface area contributed by atoms with Gasteiger partial charge in [-0.1, -0.05) is 25.2 Å². The van der Waals surface area contributed by atoms with E-state index in [2.05, 4.69) is 0 Å². The Morgan fingerprint density at radius 3 is 2.82 bits per heavy atom. The van der Waals surface area contributed by atoms with Crippen LogP contribution in [0.4, 0.5) is 0 Å². The molecule has 1 aliphatic carbocycles. The Balaban J connectivity index is 2.78. The van der Waals surface area contributed by atoms with Gasteiger partial charge in [-0.2, -0.15) is 5.26 Å². The highest BCUT2D eigenvalue weighted by atomic mass is 16.5. The Labute approximate surface area is 66.8 Å². The van der Waals surface area contributed by atoms with E-state index in [1.165, 1.54) is 0 Å². The monoisotopic (exact) mass is 149 g/mol. The second-order valence-corrected chi connectivity index (χ2v) is 2.91. The van der Waals surface area contributed by atoms with Crippen LogP contribution < -0.4 is 0 Å². The number of rotatable bonds is 1. The van der Waals surface area contributed by atoms with Crippen molar-refractivity contribution >= 4 is 0 Å². The van der Waals surface area contributed by atoms with Crippen molar-refractivity contribution in [2.75, 3.05) is 0 Å². The number of allylic oxidation sites excluding steroid dienone is 2. The second kappa shape index (κ2) is 2.79. The van der Waals surface area contributed by atoms with Crippen molar-refractivity contribution in [1.82, 2.24) is 0 Å². The van der Waals surface area contributed by atoms with E-state index >= 15 is 0 Å². The van der Waals surface area contributed by atoms with Crippen LogP contribution in [0.25, 0.3) is 0 Å². The lowest BCUT2D eigenvalue weighted by Crippen LogP contribution is -2.32. The fourth-order valence-corrected chi connectivity index (χ4v) is 1.05. The van der Waals surface area contributed by atoms with E-state index < -0.39 is 5.60 Å². The van der Waals surface area contributed by atoms with Gasteiger partial charge < -0.3 is 4.74 Å². The number of hydrogen-bond donors (Lipinski definition) is 0. The third-order valence-electron chi connectivity index (χ3n) is 2.11. The van der Waals surface area contributed by atoms with Gasteiger partial charge >= 0.3 is 0 Å². The van der Waals surface area contributed by atoms with Crippen molar-refractivity contribution < 1.29 is 4.74 Å². The Hall–Kier alpha value is -1.23. The molecule has 11 heavy (non-hydrogen) atoms. The summed E-state index contributed by atoms with van der Waals surface area (Å²) in [7, 11) is 0. The summed E-state index contributed by atoms with van der Waals surface area (Å²) < 4.78 is 4.95. The smallest absolute Gasteiger partial charge is 0.287 e. The minimum Gasteiger partial charge on any atom is -0.416 e. The molecular formula is C9H11NO. The zero-order valence-corrected chi connectivity index (χ0v) is 6.74. The molecule has 0 spiro atoms. The van der Waals surface area contributed by atoms with E-state index in [1.54, 1.807) is 6.26 Å². The molecule has 58 valence electrons. The molecular weight excluding hydrogens is 138 g/mol. The molecule has 0 fully saturated rings. The number of nitrogens with zero attached hydrogens (tertiary/aromatic N) is 1. The summed E-state index contributed by atoms with van der Waals surface area (Å²) in [6.45, 7) is 3.93. The first-order valence-electron chi connectivity index (χ1n) is 3.62. The third kappa shape index (κ3) is 1.43. The predicted octanol–water partition coefficient (Wildman–Crippen LogP) is 2.00. The fourth-order valence-electron chi connectivity index (χ4n) is 1.05. The van der Waals surface area contributed by atoms with E-state index in [0.29, 0.717) is 0 Å². The summed E-state index contributed by atoms with van der Waals surface area (Å²) in [5, 5.41) is 8.37. The Bertz CT molecular complexity index is 236. The van der Waals surface area contributed by atoms with Crippen molar-refractivity contribution in [3.8, 4) is 6.26 Å². The van der Waals surface area contributed by atoms with E-state index in [1.807, 2.05) is 38.2 Å². The van der Waals surface area contributed by atoms with Crippen molar-refractivity contribution in [2.45, 2.75) is 19.4 Å². The van der Waals surface area contributed by atoms with Gasteiger partial charge in [0.2, 0.25) is 0 Å². The van der Waals surface area contributed by atoms with Gasteiger partial charge in [0.15, 0.2) is 0 Å². The molecule has 1 rings (SSSR count). The average molecular weight is 149 g/mol. The molecule has 0 heterocycles. The molecule has 0 amide bonds. The van der Waals surface area contributed by atoms with Crippen LogP contribution in [0.3, 0.4) is 0 Å². The van der Waals surface area contributed by atoms with Crippen molar-refractivity contribution in [3.63, 3.8) is 0 Å². The lowest BCUT2D eigenvalue weighted by atomic mass is 9.87. The van der Waals surface area contributed by atoms with Crippen LogP contribution >= 0.6 is 0 Å². The normalized spacial score (nSPS) is 34.8. The standard InChI is InChI=1S/C9H11NO/c1-8-5-3-4-6-9(8,2)11-7-10/h3-6,8H,1-2H3. The van der Waals surface area contributed by atoms with Gasteiger partial charge in [-0.05, 0) is 13.0 Å². The minimum absolute atomic E-state index is 0.257. The lowest BCUT2D eigenvalue weighted by Gasteiger charge is -2.29. The summed E-state index contributed by atoms with van der Waals surface area (Å²) in [6.07, 6.45) is 9.52.